The summed E-state index contributed by atoms with van der Waals surface area (Å²) in [6.45, 7) is 3.83. The lowest BCUT2D eigenvalue weighted by molar-refractivity contribution is 0.0658. The zero-order chi connectivity index (χ0) is 14.2. The van der Waals surface area contributed by atoms with Gasteiger partial charge in [-0.25, -0.2) is 0 Å². The predicted octanol–water partition coefficient (Wildman–Crippen LogP) is 3.56. The van der Waals surface area contributed by atoms with Crippen LogP contribution in [0.4, 0.5) is 11.4 Å². The molecule has 1 aromatic heterocycles. The molecule has 3 N–H and O–H groups in total. The molecule has 2 heterocycles. The van der Waals surface area contributed by atoms with Crippen LogP contribution in [-0.4, -0.2) is 23.7 Å². The van der Waals surface area contributed by atoms with Crippen LogP contribution in [0.2, 0.25) is 0 Å². The topological polar surface area (TPSA) is 60.2 Å². The number of nitrogens with one attached hydrogen (secondary N) is 1. The van der Waals surface area contributed by atoms with E-state index in [4.69, 9.17) is 10.5 Å². The molecule has 1 aromatic carbocycles. The highest BCUT2D eigenvalue weighted by atomic mass is 79.9. The van der Waals surface area contributed by atoms with E-state index in [0.717, 1.165) is 52.8 Å². The minimum absolute atomic E-state index is 0.0516. The Bertz CT molecular complexity index is 638. The van der Waals surface area contributed by atoms with Gasteiger partial charge in [0.2, 0.25) is 0 Å². The molecule has 106 valence electrons. The van der Waals surface area contributed by atoms with Gasteiger partial charge in [-0.3, -0.25) is 4.98 Å². The van der Waals surface area contributed by atoms with Gasteiger partial charge in [0.1, 0.15) is 0 Å². The van der Waals surface area contributed by atoms with Gasteiger partial charge in [0.05, 0.1) is 11.2 Å². The number of ether oxygens (including phenoxy) is 1. The number of pyridine rings is 1. The summed E-state index contributed by atoms with van der Waals surface area (Å²) in [4.78, 5) is 4.52. The summed E-state index contributed by atoms with van der Waals surface area (Å²) in [7, 11) is 0. The monoisotopic (exact) mass is 335 g/mol. The Labute approximate surface area is 126 Å². The predicted molar refractivity (Wildman–Crippen MR) is 85.9 cm³/mol. The Morgan fingerprint density at radius 1 is 1.35 bits per heavy atom. The number of hydrogen-bond donors (Lipinski definition) is 2. The van der Waals surface area contributed by atoms with Crippen LogP contribution in [0, 0.1) is 0 Å². The van der Waals surface area contributed by atoms with Crippen molar-refractivity contribution >= 4 is 38.2 Å². The summed E-state index contributed by atoms with van der Waals surface area (Å²) in [6, 6.07) is 5.95. The van der Waals surface area contributed by atoms with Crippen LogP contribution in [-0.2, 0) is 4.74 Å². The van der Waals surface area contributed by atoms with E-state index in [1.165, 1.54) is 0 Å². The van der Waals surface area contributed by atoms with Gasteiger partial charge in [-0.05, 0) is 53.9 Å². The summed E-state index contributed by atoms with van der Waals surface area (Å²) < 4.78 is 6.38. The van der Waals surface area contributed by atoms with E-state index >= 15 is 0 Å². The highest BCUT2D eigenvalue weighted by Crippen LogP contribution is 2.32. The molecule has 5 heteroatoms. The first kappa shape index (κ1) is 13.6. The summed E-state index contributed by atoms with van der Waals surface area (Å²) in [6.07, 6.45) is 3.80. The molecule has 0 atom stereocenters. The maximum Gasteiger partial charge on any atom is 0.0954 e. The van der Waals surface area contributed by atoms with E-state index in [0.29, 0.717) is 0 Å². The largest absolute Gasteiger partial charge is 0.398 e. The fourth-order valence-corrected chi connectivity index (χ4v) is 2.92. The standard InChI is InChI=1S/C15H18BrN3O/c1-15(4-6-20-7-5-15)19-13-3-2-12(17)11-8-10(16)9-18-14(11)13/h2-3,8-9,19H,4-7,17H2,1H3. The number of hydrogen-bond acceptors (Lipinski definition) is 4. The van der Waals surface area contributed by atoms with Crippen LogP contribution in [0.3, 0.4) is 0 Å². The first-order valence-corrected chi connectivity index (χ1v) is 7.56. The summed E-state index contributed by atoms with van der Waals surface area (Å²) in [5.74, 6) is 0. The quantitative estimate of drug-likeness (QED) is 0.824. The van der Waals surface area contributed by atoms with Gasteiger partial charge in [-0.15, -0.1) is 0 Å². The van der Waals surface area contributed by atoms with Crippen LogP contribution >= 0.6 is 15.9 Å². The number of aromatic nitrogens is 1. The van der Waals surface area contributed by atoms with Crippen molar-refractivity contribution in [3.05, 3.63) is 28.9 Å². The lowest BCUT2D eigenvalue weighted by Gasteiger charge is -2.35. The third-order valence-electron chi connectivity index (χ3n) is 3.88. The van der Waals surface area contributed by atoms with Crippen molar-refractivity contribution in [1.82, 2.24) is 4.98 Å². The molecule has 20 heavy (non-hydrogen) atoms. The molecule has 0 unspecified atom stereocenters. The van der Waals surface area contributed by atoms with E-state index in [9.17, 15) is 0 Å². The van der Waals surface area contributed by atoms with Crippen molar-refractivity contribution < 1.29 is 4.74 Å². The molecular weight excluding hydrogens is 318 g/mol. The highest BCUT2D eigenvalue weighted by Gasteiger charge is 2.27. The number of anilines is 2. The van der Waals surface area contributed by atoms with Gasteiger partial charge in [0, 0.05) is 40.5 Å². The minimum Gasteiger partial charge on any atom is -0.398 e. The van der Waals surface area contributed by atoms with Crippen molar-refractivity contribution in [2.45, 2.75) is 25.3 Å². The Morgan fingerprint density at radius 3 is 2.85 bits per heavy atom. The number of nitrogens with two attached hydrogens (primary N) is 1. The SMILES string of the molecule is CC1(Nc2ccc(N)c3cc(Br)cnc23)CCOCC1. The maximum absolute atomic E-state index is 6.05. The fraction of sp³-hybridized carbons (Fsp3) is 0.400. The summed E-state index contributed by atoms with van der Waals surface area (Å²) in [5.41, 5.74) is 8.80. The number of nitrogens with zero attached hydrogens (tertiary/aromatic N) is 1. The van der Waals surface area contributed by atoms with Crippen LogP contribution in [0.15, 0.2) is 28.9 Å². The van der Waals surface area contributed by atoms with Gasteiger partial charge in [-0.2, -0.15) is 0 Å². The zero-order valence-corrected chi connectivity index (χ0v) is 13.0. The molecular formula is C15H18BrN3O. The molecule has 2 aromatic rings. The van der Waals surface area contributed by atoms with E-state index in [2.05, 4.69) is 33.2 Å². The molecule has 0 spiro atoms. The third-order valence-corrected chi connectivity index (χ3v) is 4.32. The van der Waals surface area contributed by atoms with Crippen molar-refractivity contribution in [3.63, 3.8) is 0 Å². The molecule has 1 saturated heterocycles. The van der Waals surface area contributed by atoms with E-state index in [1.807, 2.05) is 18.2 Å². The number of fused-ring (bicyclic) bond motifs is 1. The van der Waals surface area contributed by atoms with Crippen molar-refractivity contribution in [3.8, 4) is 0 Å². The molecule has 1 aliphatic heterocycles. The average Bonchev–Trinajstić information content (AvgIpc) is 2.43. The van der Waals surface area contributed by atoms with Gasteiger partial charge >= 0.3 is 0 Å². The molecule has 4 nitrogen and oxygen atoms in total. The third kappa shape index (κ3) is 2.60. The van der Waals surface area contributed by atoms with E-state index in [-0.39, 0.29) is 5.54 Å². The molecule has 1 fully saturated rings. The molecule has 0 bridgehead atoms. The number of halogens is 1. The van der Waals surface area contributed by atoms with E-state index in [1.54, 1.807) is 6.20 Å². The second-order valence-corrected chi connectivity index (χ2v) is 6.47. The molecule has 3 rings (SSSR count). The molecule has 0 aliphatic carbocycles. The second kappa shape index (κ2) is 5.22. The zero-order valence-electron chi connectivity index (χ0n) is 11.4. The fourth-order valence-electron chi connectivity index (χ4n) is 2.59. The molecule has 1 aliphatic rings. The normalized spacial score (nSPS) is 18.1. The van der Waals surface area contributed by atoms with E-state index < -0.39 is 0 Å². The van der Waals surface area contributed by atoms with Crippen LogP contribution in [0.25, 0.3) is 10.9 Å². The smallest absolute Gasteiger partial charge is 0.0954 e. The first-order valence-electron chi connectivity index (χ1n) is 6.77. The molecule has 0 saturated carbocycles. The number of rotatable bonds is 2. The average molecular weight is 336 g/mol. The van der Waals surface area contributed by atoms with Crippen molar-refractivity contribution in [2.75, 3.05) is 24.3 Å². The highest BCUT2D eigenvalue weighted by molar-refractivity contribution is 9.10. The Balaban J connectivity index is 2.01. The molecule has 0 amide bonds. The van der Waals surface area contributed by atoms with Gasteiger partial charge in [0.15, 0.2) is 0 Å². The van der Waals surface area contributed by atoms with Crippen LogP contribution in [0.1, 0.15) is 19.8 Å². The number of nitrogen functional groups attached to an aromatic ring is 1. The van der Waals surface area contributed by atoms with Crippen molar-refractivity contribution in [1.29, 1.82) is 0 Å². The first-order chi connectivity index (χ1) is 9.57. The lowest BCUT2D eigenvalue weighted by Crippen LogP contribution is -2.40. The molecule has 0 radical (unpaired) electrons. The van der Waals surface area contributed by atoms with Gasteiger partial charge < -0.3 is 15.8 Å². The Morgan fingerprint density at radius 2 is 2.10 bits per heavy atom. The lowest BCUT2D eigenvalue weighted by atomic mass is 9.92. The summed E-state index contributed by atoms with van der Waals surface area (Å²) in [5, 5.41) is 4.61. The maximum atomic E-state index is 6.05. The van der Waals surface area contributed by atoms with Gasteiger partial charge in [-0.1, -0.05) is 0 Å². The Kier molecular flexibility index (Phi) is 3.56. The second-order valence-electron chi connectivity index (χ2n) is 5.55. The number of benzene rings is 1. The van der Waals surface area contributed by atoms with Crippen LogP contribution < -0.4 is 11.1 Å². The van der Waals surface area contributed by atoms with Crippen molar-refractivity contribution in [2.24, 2.45) is 0 Å². The summed E-state index contributed by atoms with van der Waals surface area (Å²) >= 11 is 3.45. The van der Waals surface area contributed by atoms with Gasteiger partial charge in [0.25, 0.3) is 0 Å². The minimum atomic E-state index is 0.0516. The van der Waals surface area contributed by atoms with Crippen LogP contribution in [0.5, 0.6) is 0 Å². The Hall–Kier alpha value is -1.33.